The molecule has 0 saturated carbocycles. The first-order valence-corrected chi connectivity index (χ1v) is 6.04. The van der Waals surface area contributed by atoms with Crippen LogP contribution in [0.5, 0.6) is 0 Å². The minimum Gasteiger partial charge on any atom is -0.367 e. The molecule has 0 bridgehead atoms. The zero-order chi connectivity index (χ0) is 10.8. The van der Waals surface area contributed by atoms with Gasteiger partial charge in [0, 0.05) is 13.5 Å². The molecule has 15 heavy (non-hydrogen) atoms. The molecule has 2 rings (SSSR count). The predicted molar refractivity (Wildman–Crippen MR) is 59.9 cm³/mol. The molecule has 2 unspecified atom stereocenters. The van der Waals surface area contributed by atoms with E-state index in [1.165, 1.54) is 5.56 Å². The summed E-state index contributed by atoms with van der Waals surface area (Å²) in [5, 5.41) is 4.12. The van der Waals surface area contributed by atoms with Crippen molar-refractivity contribution in [3.05, 3.63) is 22.4 Å². The molecular weight excluding hydrogens is 210 g/mol. The molecule has 1 aliphatic rings. The molecule has 4 heteroatoms. The first-order chi connectivity index (χ1) is 7.16. The highest BCUT2D eigenvalue weighted by atomic mass is 32.1. The lowest BCUT2D eigenvalue weighted by Gasteiger charge is -2.36. The minimum atomic E-state index is 0.0453. The van der Waals surface area contributed by atoms with Crippen molar-refractivity contribution in [1.82, 2.24) is 4.90 Å². The summed E-state index contributed by atoms with van der Waals surface area (Å²) in [5.74, 6) is 0.130. The van der Waals surface area contributed by atoms with E-state index >= 15 is 0 Å². The van der Waals surface area contributed by atoms with Gasteiger partial charge in [0.25, 0.3) is 0 Å². The fourth-order valence-electron chi connectivity index (χ4n) is 1.85. The molecule has 0 aliphatic carbocycles. The van der Waals surface area contributed by atoms with Crippen molar-refractivity contribution in [3.8, 4) is 0 Å². The number of morpholine rings is 1. The number of hydrogen-bond acceptors (Lipinski definition) is 3. The van der Waals surface area contributed by atoms with E-state index in [9.17, 15) is 4.79 Å². The highest BCUT2D eigenvalue weighted by Gasteiger charge is 2.27. The van der Waals surface area contributed by atoms with Gasteiger partial charge in [0.1, 0.15) is 6.10 Å². The van der Waals surface area contributed by atoms with E-state index in [-0.39, 0.29) is 18.1 Å². The fourth-order valence-corrected chi connectivity index (χ4v) is 2.55. The van der Waals surface area contributed by atoms with Crippen LogP contribution in [0.25, 0.3) is 0 Å². The summed E-state index contributed by atoms with van der Waals surface area (Å²) < 4.78 is 5.82. The Morgan fingerprint density at radius 2 is 2.40 bits per heavy atom. The largest absolute Gasteiger partial charge is 0.367 e. The van der Waals surface area contributed by atoms with Crippen molar-refractivity contribution in [2.45, 2.75) is 26.1 Å². The second-order valence-electron chi connectivity index (χ2n) is 3.92. The van der Waals surface area contributed by atoms with Crippen LogP contribution in [0.2, 0.25) is 0 Å². The third kappa shape index (κ3) is 2.38. The molecule has 0 spiro atoms. The average molecular weight is 225 g/mol. The van der Waals surface area contributed by atoms with Crippen LogP contribution < -0.4 is 0 Å². The third-order valence-corrected chi connectivity index (χ3v) is 3.32. The standard InChI is InChI=1S/C11H15NO2S/c1-8-5-12(9(2)13)6-11(14-8)10-3-4-15-7-10/h3-4,7-8,11H,5-6H2,1-2H3. The maximum atomic E-state index is 11.3. The molecule has 1 amide bonds. The monoisotopic (exact) mass is 225 g/mol. The molecule has 0 radical (unpaired) electrons. The quantitative estimate of drug-likeness (QED) is 0.732. The van der Waals surface area contributed by atoms with E-state index in [0.29, 0.717) is 13.1 Å². The smallest absolute Gasteiger partial charge is 0.219 e. The Balaban J connectivity index is 2.10. The Morgan fingerprint density at radius 1 is 1.60 bits per heavy atom. The van der Waals surface area contributed by atoms with Crippen molar-refractivity contribution in [2.24, 2.45) is 0 Å². The number of carbonyl (C=O) groups is 1. The van der Waals surface area contributed by atoms with E-state index < -0.39 is 0 Å². The Labute approximate surface area is 93.7 Å². The van der Waals surface area contributed by atoms with Gasteiger partial charge in [-0.1, -0.05) is 0 Å². The number of rotatable bonds is 1. The highest BCUT2D eigenvalue weighted by Crippen LogP contribution is 2.26. The van der Waals surface area contributed by atoms with Crippen molar-refractivity contribution in [1.29, 1.82) is 0 Å². The van der Waals surface area contributed by atoms with Crippen LogP contribution in [0.15, 0.2) is 16.8 Å². The maximum Gasteiger partial charge on any atom is 0.219 e. The van der Waals surface area contributed by atoms with E-state index in [2.05, 4.69) is 11.4 Å². The van der Waals surface area contributed by atoms with Gasteiger partial charge in [-0.25, -0.2) is 0 Å². The Kier molecular flexibility index (Phi) is 3.07. The van der Waals surface area contributed by atoms with Gasteiger partial charge in [-0.15, -0.1) is 0 Å². The summed E-state index contributed by atoms with van der Waals surface area (Å²) in [6.45, 7) is 5.00. The highest BCUT2D eigenvalue weighted by molar-refractivity contribution is 7.07. The van der Waals surface area contributed by atoms with Crippen LogP contribution in [-0.2, 0) is 9.53 Å². The molecule has 1 aromatic rings. The van der Waals surface area contributed by atoms with Gasteiger partial charge in [-0.3, -0.25) is 4.79 Å². The molecule has 2 atom stereocenters. The maximum absolute atomic E-state index is 11.3. The summed E-state index contributed by atoms with van der Waals surface area (Å²) >= 11 is 1.66. The first-order valence-electron chi connectivity index (χ1n) is 5.10. The number of ether oxygens (including phenoxy) is 1. The van der Waals surface area contributed by atoms with Crippen molar-refractivity contribution < 1.29 is 9.53 Å². The predicted octanol–water partition coefficient (Wildman–Crippen LogP) is 2.06. The molecular formula is C11H15NO2S. The Bertz CT molecular complexity index is 336. The van der Waals surface area contributed by atoms with Crippen LogP contribution >= 0.6 is 11.3 Å². The van der Waals surface area contributed by atoms with Crippen LogP contribution in [0.4, 0.5) is 0 Å². The van der Waals surface area contributed by atoms with Crippen molar-refractivity contribution in [3.63, 3.8) is 0 Å². The van der Waals surface area contributed by atoms with E-state index in [0.717, 1.165) is 0 Å². The van der Waals surface area contributed by atoms with E-state index in [1.807, 2.05) is 17.2 Å². The third-order valence-electron chi connectivity index (χ3n) is 2.62. The van der Waals surface area contributed by atoms with Crippen LogP contribution in [-0.4, -0.2) is 30.0 Å². The van der Waals surface area contributed by atoms with Crippen LogP contribution in [0.1, 0.15) is 25.5 Å². The van der Waals surface area contributed by atoms with Crippen LogP contribution in [0.3, 0.4) is 0 Å². The van der Waals surface area contributed by atoms with Gasteiger partial charge in [-0.2, -0.15) is 11.3 Å². The number of thiophene rings is 1. The SMILES string of the molecule is CC(=O)N1CC(C)OC(c2ccsc2)C1. The second kappa shape index (κ2) is 4.33. The Morgan fingerprint density at radius 3 is 3.00 bits per heavy atom. The fraction of sp³-hybridized carbons (Fsp3) is 0.545. The molecule has 0 aromatic carbocycles. The molecule has 3 nitrogen and oxygen atoms in total. The summed E-state index contributed by atoms with van der Waals surface area (Å²) in [5.41, 5.74) is 1.18. The van der Waals surface area contributed by atoms with E-state index in [1.54, 1.807) is 18.3 Å². The molecule has 1 fully saturated rings. The number of carbonyl (C=O) groups excluding carboxylic acids is 1. The molecule has 1 saturated heterocycles. The summed E-state index contributed by atoms with van der Waals surface area (Å²) in [4.78, 5) is 13.2. The summed E-state index contributed by atoms with van der Waals surface area (Å²) in [7, 11) is 0. The molecule has 1 aromatic heterocycles. The Hall–Kier alpha value is -0.870. The van der Waals surface area contributed by atoms with E-state index in [4.69, 9.17) is 4.74 Å². The molecule has 1 aliphatic heterocycles. The lowest BCUT2D eigenvalue weighted by Crippen LogP contribution is -2.44. The zero-order valence-corrected chi connectivity index (χ0v) is 9.79. The topological polar surface area (TPSA) is 29.5 Å². The lowest BCUT2D eigenvalue weighted by atomic mass is 10.1. The number of amides is 1. The zero-order valence-electron chi connectivity index (χ0n) is 8.97. The van der Waals surface area contributed by atoms with Crippen molar-refractivity contribution >= 4 is 17.2 Å². The average Bonchev–Trinajstić information content (AvgIpc) is 2.69. The van der Waals surface area contributed by atoms with Gasteiger partial charge in [0.15, 0.2) is 0 Å². The molecule has 0 N–H and O–H groups in total. The van der Waals surface area contributed by atoms with Gasteiger partial charge in [-0.05, 0) is 29.3 Å². The van der Waals surface area contributed by atoms with Gasteiger partial charge in [0.2, 0.25) is 5.91 Å². The van der Waals surface area contributed by atoms with Gasteiger partial charge >= 0.3 is 0 Å². The summed E-state index contributed by atoms with van der Waals surface area (Å²) in [6, 6.07) is 2.06. The normalized spacial score (nSPS) is 26.7. The number of hydrogen-bond donors (Lipinski definition) is 0. The molecule has 82 valence electrons. The lowest BCUT2D eigenvalue weighted by molar-refractivity contribution is -0.142. The van der Waals surface area contributed by atoms with Crippen molar-refractivity contribution in [2.75, 3.05) is 13.1 Å². The van der Waals surface area contributed by atoms with Gasteiger partial charge in [0.05, 0.1) is 12.6 Å². The molecule has 2 heterocycles. The number of nitrogens with zero attached hydrogens (tertiary/aromatic N) is 1. The minimum absolute atomic E-state index is 0.0453. The first kappa shape index (κ1) is 10.6. The van der Waals surface area contributed by atoms with Gasteiger partial charge < -0.3 is 9.64 Å². The second-order valence-corrected chi connectivity index (χ2v) is 4.70. The summed E-state index contributed by atoms with van der Waals surface area (Å²) in [6.07, 6.45) is 0.163. The van der Waals surface area contributed by atoms with Crippen LogP contribution in [0, 0.1) is 0 Å².